The van der Waals surface area contributed by atoms with Crippen molar-refractivity contribution in [1.82, 2.24) is 0 Å². The molecule has 0 radical (unpaired) electrons. The van der Waals surface area contributed by atoms with Crippen LogP contribution in [-0.4, -0.2) is 11.4 Å². The maximum Gasteiger partial charge on any atom is 0.0636 e. The fourth-order valence-corrected chi connectivity index (χ4v) is 9.20. The summed E-state index contributed by atoms with van der Waals surface area (Å²) in [7, 11) is 0. The van der Waals surface area contributed by atoms with Gasteiger partial charge in [-0.2, -0.15) is 0 Å². The highest BCUT2D eigenvalue weighted by atomic mass is 14.8. The van der Waals surface area contributed by atoms with E-state index in [1.807, 2.05) is 0 Å². The molecule has 0 amide bonds. The molecule has 0 atom stereocenters. The molecule has 2 rings (SSSR count). The lowest BCUT2D eigenvalue weighted by molar-refractivity contribution is 0.527. The van der Waals surface area contributed by atoms with Crippen molar-refractivity contribution < 1.29 is 0 Å². The Balaban J connectivity index is 1.73. The first kappa shape index (κ1) is 55.9. The highest BCUT2D eigenvalue weighted by Gasteiger charge is 2.11. The van der Waals surface area contributed by atoms with E-state index in [9.17, 15) is 0 Å². The molecule has 0 bridgehead atoms. The molecule has 0 fully saturated rings. The fourth-order valence-electron chi connectivity index (χ4n) is 9.20. The molecule has 62 heavy (non-hydrogen) atoms. The lowest BCUT2D eigenvalue weighted by Crippen LogP contribution is -2.14. The standard InChI is InChI=1S/C60H104N2/c1-5-9-13-15-17-19-21-23-25-27-29-31-33-35-37-39-41-45-55-47-43-49-57(53-55)61-59(51-11-7-3)60(52-12-8-4)62-58-50-44-48-56(54-58)46-42-40-38-36-34-32-30-28-26-24-22-20-18-16-14-10-6-2/h43-44,47-50,53-54H,5-42,45-46,51-52H2,1-4H3. The van der Waals surface area contributed by atoms with Crippen molar-refractivity contribution in [2.45, 2.75) is 297 Å². The number of rotatable bonds is 45. The van der Waals surface area contributed by atoms with E-state index in [1.54, 1.807) is 0 Å². The Hall–Kier alpha value is -2.22. The zero-order chi connectivity index (χ0) is 44.2. The van der Waals surface area contributed by atoms with Gasteiger partial charge in [0.2, 0.25) is 0 Å². The molecule has 2 nitrogen and oxygen atoms in total. The van der Waals surface area contributed by atoms with E-state index in [1.165, 1.54) is 254 Å². The minimum atomic E-state index is 1.00. The maximum atomic E-state index is 5.37. The summed E-state index contributed by atoms with van der Waals surface area (Å²) in [6, 6.07) is 18.2. The van der Waals surface area contributed by atoms with Crippen LogP contribution in [0.5, 0.6) is 0 Å². The van der Waals surface area contributed by atoms with Gasteiger partial charge in [0, 0.05) is 0 Å². The van der Waals surface area contributed by atoms with Crippen molar-refractivity contribution in [3.63, 3.8) is 0 Å². The van der Waals surface area contributed by atoms with Crippen LogP contribution in [0.25, 0.3) is 0 Å². The highest BCUT2D eigenvalue weighted by Crippen LogP contribution is 2.23. The number of hydrogen-bond acceptors (Lipinski definition) is 2. The summed E-state index contributed by atoms with van der Waals surface area (Å²) in [5.41, 5.74) is 7.49. The fraction of sp³-hybridized carbons (Fsp3) is 0.767. The lowest BCUT2D eigenvalue weighted by atomic mass is 10.0. The minimum absolute atomic E-state index is 1.00. The Morgan fingerprint density at radius 3 is 0.790 bits per heavy atom. The molecule has 2 heteroatoms. The number of benzene rings is 2. The van der Waals surface area contributed by atoms with Crippen LogP contribution in [0.3, 0.4) is 0 Å². The van der Waals surface area contributed by atoms with Crippen molar-refractivity contribution in [2.75, 3.05) is 0 Å². The zero-order valence-corrected chi connectivity index (χ0v) is 42.2. The number of aryl methyl sites for hydroxylation is 2. The molecule has 0 aliphatic carbocycles. The minimum Gasteiger partial charge on any atom is -0.252 e. The van der Waals surface area contributed by atoms with Gasteiger partial charge in [-0.25, -0.2) is 0 Å². The van der Waals surface area contributed by atoms with Gasteiger partial charge in [0.25, 0.3) is 0 Å². The average Bonchev–Trinajstić information content (AvgIpc) is 3.29. The largest absolute Gasteiger partial charge is 0.252 e. The highest BCUT2D eigenvalue weighted by molar-refractivity contribution is 6.43. The zero-order valence-electron chi connectivity index (χ0n) is 42.2. The maximum absolute atomic E-state index is 5.37. The van der Waals surface area contributed by atoms with E-state index in [0.29, 0.717) is 0 Å². The normalized spacial score (nSPS) is 12.2. The molecule has 0 heterocycles. The van der Waals surface area contributed by atoms with Crippen molar-refractivity contribution >= 4 is 22.8 Å². The summed E-state index contributed by atoms with van der Waals surface area (Å²) in [6.45, 7) is 9.20. The first-order chi connectivity index (χ1) is 30.7. The molecule has 354 valence electrons. The molecule has 2 aromatic carbocycles. The summed E-state index contributed by atoms with van der Waals surface area (Å²) >= 11 is 0. The van der Waals surface area contributed by atoms with Gasteiger partial charge in [0.05, 0.1) is 22.8 Å². The van der Waals surface area contributed by atoms with E-state index < -0.39 is 0 Å². The molecule has 0 aromatic heterocycles. The van der Waals surface area contributed by atoms with Crippen LogP contribution in [0.1, 0.15) is 296 Å². The van der Waals surface area contributed by atoms with Crippen molar-refractivity contribution in [2.24, 2.45) is 9.98 Å². The van der Waals surface area contributed by atoms with Gasteiger partial charge in [0.15, 0.2) is 0 Å². The second-order valence-corrected chi connectivity index (χ2v) is 19.5. The van der Waals surface area contributed by atoms with Crippen LogP contribution in [0.2, 0.25) is 0 Å². The molecule has 0 saturated carbocycles. The van der Waals surface area contributed by atoms with Gasteiger partial charge in [-0.3, -0.25) is 9.98 Å². The van der Waals surface area contributed by atoms with E-state index in [4.69, 9.17) is 9.98 Å². The van der Waals surface area contributed by atoms with Gasteiger partial charge in [0.1, 0.15) is 0 Å². The van der Waals surface area contributed by atoms with E-state index in [0.717, 1.165) is 49.9 Å². The van der Waals surface area contributed by atoms with Crippen molar-refractivity contribution in [3.05, 3.63) is 59.7 Å². The van der Waals surface area contributed by atoms with Crippen LogP contribution >= 0.6 is 0 Å². The molecule has 2 aromatic rings. The molecule has 0 N–H and O–H groups in total. The Labute approximate surface area is 388 Å². The van der Waals surface area contributed by atoms with Crippen molar-refractivity contribution in [3.8, 4) is 0 Å². The predicted octanol–water partition coefficient (Wildman–Crippen LogP) is 21.3. The van der Waals surface area contributed by atoms with Gasteiger partial charge < -0.3 is 0 Å². The van der Waals surface area contributed by atoms with E-state index in [2.05, 4.69) is 76.2 Å². The van der Waals surface area contributed by atoms with Crippen LogP contribution < -0.4 is 0 Å². The third-order valence-corrected chi connectivity index (χ3v) is 13.4. The second-order valence-electron chi connectivity index (χ2n) is 19.5. The SMILES string of the molecule is CCCCCCCCCCCCCCCCCCCc1cccc(N=C(CCCC)C(CCCC)=Nc2cccc(CCCCCCCCCCCCCCCCCCC)c2)c1. The molecule has 0 saturated heterocycles. The predicted molar refractivity (Wildman–Crippen MR) is 282 cm³/mol. The van der Waals surface area contributed by atoms with E-state index in [-0.39, 0.29) is 0 Å². The van der Waals surface area contributed by atoms with Gasteiger partial charge >= 0.3 is 0 Å². The number of aliphatic imine (C=N–C) groups is 2. The Morgan fingerprint density at radius 2 is 0.532 bits per heavy atom. The Kier molecular flexibility index (Phi) is 38.5. The first-order valence-electron chi connectivity index (χ1n) is 28.0. The number of hydrogen-bond donors (Lipinski definition) is 0. The summed E-state index contributed by atoms with van der Waals surface area (Å²) in [6.07, 6.45) is 57.4. The summed E-state index contributed by atoms with van der Waals surface area (Å²) < 4.78 is 0. The van der Waals surface area contributed by atoms with Crippen LogP contribution in [0, 0.1) is 0 Å². The monoisotopic (exact) mass is 853 g/mol. The van der Waals surface area contributed by atoms with Gasteiger partial charge in [-0.1, -0.05) is 270 Å². The smallest absolute Gasteiger partial charge is 0.0636 e. The third kappa shape index (κ3) is 32.4. The molecule has 0 aliphatic rings. The summed E-state index contributed by atoms with van der Waals surface area (Å²) in [5, 5.41) is 0. The van der Waals surface area contributed by atoms with Gasteiger partial charge in [-0.15, -0.1) is 0 Å². The molecule has 0 unspecified atom stereocenters. The topological polar surface area (TPSA) is 24.7 Å². The van der Waals surface area contributed by atoms with Crippen LogP contribution in [-0.2, 0) is 12.8 Å². The number of unbranched alkanes of at least 4 members (excludes halogenated alkanes) is 34. The summed E-state index contributed by atoms with van der Waals surface area (Å²) in [4.78, 5) is 10.7. The molecule has 0 spiro atoms. The molecule has 0 aliphatic heterocycles. The lowest BCUT2D eigenvalue weighted by Gasteiger charge is -2.12. The van der Waals surface area contributed by atoms with Crippen LogP contribution in [0.4, 0.5) is 11.4 Å². The quantitative estimate of drug-likeness (QED) is 0.0468. The van der Waals surface area contributed by atoms with Crippen LogP contribution in [0.15, 0.2) is 58.5 Å². The Bertz CT molecular complexity index is 1220. The Morgan fingerprint density at radius 1 is 0.290 bits per heavy atom. The molecular weight excluding hydrogens is 749 g/mol. The number of nitrogens with zero attached hydrogens (tertiary/aromatic N) is 2. The second kappa shape index (κ2) is 42.7. The first-order valence-corrected chi connectivity index (χ1v) is 28.0. The van der Waals surface area contributed by atoms with Gasteiger partial charge in [-0.05, 0) is 86.8 Å². The third-order valence-electron chi connectivity index (χ3n) is 13.4. The van der Waals surface area contributed by atoms with Crippen molar-refractivity contribution in [1.29, 1.82) is 0 Å². The molecular formula is C60H104N2. The summed E-state index contributed by atoms with van der Waals surface area (Å²) in [5.74, 6) is 0. The average molecular weight is 854 g/mol. The van der Waals surface area contributed by atoms with E-state index >= 15 is 0 Å².